The Morgan fingerprint density at radius 3 is 0.705 bits per heavy atom. The van der Waals surface area contributed by atoms with Crippen LogP contribution >= 0.6 is 0 Å². The summed E-state index contributed by atoms with van der Waals surface area (Å²) in [5.41, 5.74) is 0. The van der Waals surface area contributed by atoms with Crippen molar-refractivity contribution in [1.82, 2.24) is 0 Å². The van der Waals surface area contributed by atoms with Crippen molar-refractivity contribution < 1.29 is 28.6 Å². The third-order valence-corrected chi connectivity index (χ3v) is 16.2. The van der Waals surface area contributed by atoms with Crippen molar-refractivity contribution in [2.75, 3.05) is 13.2 Å². The van der Waals surface area contributed by atoms with Gasteiger partial charge in [-0.25, -0.2) is 0 Å². The highest BCUT2D eigenvalue weighted by molar-refractivity contribution is 5.71. The molecule has 0 aromatic rings. The quantitative estimate of drug-likeness (QED) is 0.0261. The highest BCUT2D eigenvalue weighted by atomic mass is 16.6. The zero-order valence-corrected chi connectivity index (χ0v) is 53.0. The SMILES string of the molecule is CCCCCCC/C=C\C/C=C\CCCCCCCCCCCCCCCCCCCCCCCC(=O)OCC(COC(=O)CCCCCCCCCCCCCCC)OC(=O)CCCCCCCCCCCCCCCC. The van der Waals surface area contributed by atoms with E-state index in [0.29, 0.717) is 19.3 Å². The van der Waals surface area contributed by atoms with Crippen molar-refractivity contribution >= 4 is 17.9 Å². The number of esters is 3. The average molecular weight is 1100 g/mol. The minimum absolute atomic E-state index is 0.0629. The molecule has 0 aromatic carbocycles. The van der Waals surface area contributed by atoms with Crippen LogP contribution < -0.4 is 0 Å². The summed E-state index contributed by atoms with van der Waals surface area (Å²) in [4.78, 5) is 38.3. The van der Waals surface area contributed by atoms with Crippen LogP contribution in [0.1, 0.15) is 400 Å². The minimum Gasteiger partial charge on any atom is -0.462 e. The molecule has 0 aliphatic heterocycles. The second-order valence-electron chi connectivity index (χ2n) is 24.2. The molecule has 1 atom stereocenters. The summed E-state index contributed by atoms with van der Waals surface area (Å²) < 4.78 is 17.0. The summed E-state index contributed by atoms with van der Waals surface area (Å²) in [7, 11) is 0. The number of allylic oxidation sites excluding steroid dienone is 4. The molecule has 0 fully saturated rings. The highest BCUT2D eigenvalue weighted by Crippen LogP contribution is 2.19. The van der Waals surface area contributed by atoms with Crippen molar-refractivity contribution in [3.63, 3.8) is 0 Å². The summed E-state index contributed by atoms with van der Waals surface area (Å²) in [5, 5.41) is 0. The van der Waals surface area contributed by atoms with E-state index in [4.69, 9.17) is 14.2 Å². The molecule has 0 amide bonds. The van der Waals surface area contributed by atoms with Gasteiger partial charge in [-0.05, 0) is 51.4 Å². The van der Waals surface area contributed by atoms with Gasteiger partial charge in [0.05, 0.1) is 0 Å². The Kier molecular flexibility index (Phi) is 65.6. The summed E-state index contributed by atoms with van der Waals surface area (Å²) >= 11 is 0. The standard InChI is InChI=1S/C72H136O6/c1-4-7-10-13-16-19-22-25-27-28-29-30-31-32-33-34-35-36-37-38-39-40-41-42-43-44-45-48-50-53-56-59-62-65-71(74)77-68-69(67-76-70(73)64-61-58-55-52-49-46-24-21-18-15-12-9-6-3)78-72(75)66-63-60-57-54-51-47-26-23-20-17-14-11-8-5-2/h22,25,28-29,69H,4-21,23-24,26-27,30-68H2,1-3H3/b25-22-,29-28-. The first-order valence-corrected chi connectivity index (χ1v) is 35.3. The molecule has 460 valence electrons. The number of unbranched alkanes of at least 4 members (excludes halogenated alkanes) is 51. The van der Waals surface area contributed by atoms with Crippen LogP contribution in [0.2, 0.25) is 0 Å². The van der Waals surface area contributed by atoms with Gasteiger partial charge in [-0.3, -0.25) is 14.4 Å². The van der Waals surface area contributed by atoms with Crippen LogP contribution in [0.15, 0.2) is 24.3 Å². The first kappa shape index (κ1) is 75.9. The monoisotopic (exact) mass is 1100 g/mol. The van der Waals surface area contributed by atoms with Crippen molar-refractivity contribution in [2.24, 2.45) is 0 Å². The first-order chi connectivity index (χ1) is 38.5. The molecule has 0 aromatic heterocycles. The number of ether oxygens (including phenoxy) is 3. The van der Waals surface area contributed by atoms with E-state index in [1.807, 2.05) is 0 Å². The molecule has 0 bridgehead atoms. The normalized spacial score (nSPS) is 12.1. The van der Waals surface area contributed by atoms with E-state index in [2.05, 4.69) is 45.1 Å². The molecule has 0 rings (SSSR count). The smallest absolute Gasteiger partial charge is 0.306 e. The number of hydrogen-bond donors (Lipinski definition) is 0. The lowest BCUT2D eigenvalue weighted by Crippen LogP contribution is -2.30. The van der Waals surface area contributed by atoms with E-state index in [0.717, 1.165) is 64.2 Å². The van der Waals surface area contributed by atoms with Crippen LogP contribution in [-0.2, 0) is 28.6 Å². The van der Waals surface area contributed by atoms with Gasteiger partial charge >= 0.3 is 17.9 Å². The predicted molar refractivity (Wildman–Crippen MR) is 340 cm³/mol. The van der Waals surface area contributed by atoms with E-state index < -0.39 is 6.10 Å². The fraction of sp³-hybridized carbons (Fsp3) is 0.903. The lowest BCUT2D eigenvalue weighted by molar-refractivity contribution is -0.167. The van der Waals surface area contributed by atoms with Gasteiger partial charge in [-0.15, -0.1) is 0 Å². The molecule has 6 nitrogen and oxygen atoms in total. The Labute approximate surface area is 487 Å². The Morgan fingerprint density at radius 2 is 0.462 bits per heavy atom. The molecule has 0 N–H and O–H groups in total. The Hall–Kier alpha value is -2.11. The van der Waals surface area contributed by atoms with Crippen LogP contribution in [0.3, 0.4) is 0 Å². The predicted octanol–water partition coefficient (Wildman–Crippen LogP) is 24.2. The largest absolute Gasteiger partial charge is 0.462 e. The second-order valence-corrected chi connectivity index (χ2v) is 24.2. The molecule has 1 unspecified atom stereocenters. The van der Waals surface area contributed by atoms with E-state index >= 15 is 0 Å². The molecule has 0 saturated carbocycles. The lowest BCUT2D eigenvalue weighted by Gasteiger charge is -2.18. The van der Waals surface area contributed by atoms with E-state index in [-0.39, 0.29) is 31.1 Å². The maximum Gasteiger partial charge on any atom is 0.306 e. The molecule has 0 radical (unpaired) electrons. The molecular weight excluding hydrogens is 961 g/mol. The number of rotatable bonds is 66. The van der Waals surface area contributed by atoms with Gasteiger partial charge in [-0.2, -0.15) is 0 Å². The van der Waals surface area contributed by atoms with Gasteiger partial charge in [-0.1, -0.05) is 353 Å². The minimum atomic E-state index is -0.764. The van der Waals surface area contributed by atoms with Crippen molar-refractivity contribution in [1.29, 1.82) is 0 Å². The van der Waals surface area contributed by atoms with E-state index in [1.165, 1.54) is 295 Å². The van der Waals surface area contributed by atoms with Crippen molar-refractivity contribution in [3.05, 3.63) is 24.3 Å². The lowest BCUT2D eigenvalue weighted by atomic mass is 10.0. The molecule has 0 aliphatic carbocycles. The van der Waals surface area contributed by atoms with Crippen LogP contribution in [0.4, 0.5) is 0 Å². The van der Waals surface area contributed by atoms with Gasteiger partial charge < -0.3 is 14.2 Å². The zero-order valence-electron chi connectivity index (χ0n) is 53.0. The van der Waals surface area contributed by atoms with Crippen LogP contribution in [0, 0.1) is 0 Å². The first-order valence-electron chi connectivity index (χ1n) is 35.3. The average Bonchev–Trinajstić information content (AvgIpc) is 3.44. The highest BCUT2D eigenvalue weighted by Gasteiger charge is 2.19. The van der Waals surface area contributed by atoms with Gasteiger partial charge in [0.2, 0.25) is 0 Å². The maximum absolute atomic E-state index is 12.9. The van der Waals surface area contributed by atoms with Crippen molar-refractivity contribution in [3.8, 4) is 0 Å². The Morgan fingerprint density at radius 1 is 0.256 bits per heavy atom. The fourth-order valence-corrected chi connectivity index (χ4v) is 10.9. The number of carbonyl (C=O) groups is 3. The third-order valence-electron chi connectivity index (χ3n) is 16.2. The van der Waals surface area contributed by atoms with Crippen LogP contribution in [0.25, 0.3) is 0 Å². The van der Waals surface area contributed by atoms with Crippen LogP contribution in [0.5, 0.6) is 0 Å². The number of hydrogen-bond acceptors (Lipinski definition) is 6. The molecule has 6 heteroatoms. The molecule has 0 heterocycles. The van der Waals surface area contributed by atoms with Gasteiger partial charge in [0.25, 0.3) is 0 Å². The second kappa shape index (κ2) is 67.4. The zero-order chi connectivity index (χ0) is 56.4. The van der Waals surface area contributed by atoms with E-state index in [9.17, 15) is 14.4 Å². The summed E-state index contributed by atoms with van der Waals surface area (Å²) in [6.07, 6.45) is 82.2. The Bertz CT molecular complexity index is 1260. The molecule has 78 heavy (non-hydrogen) atoms. The topological polar surface area (TPSA) is 78.9 Å². The summed E-state index contributed by atoms with van der Waals surface area (Å²) in [6, 6.07) is 0. The van der Waals surface area contributed by atoms with Gasteiger partial charge in [0, 0.05) is 19.3 Å². The fourth-order valence-electron chi connectivity index (χ4n) is 10.9. The number of carbonyl (C=O) groups excluding carboxylic acids is 3. The van der Waals surface area contributed by atoms with Crippen LogP contribution in [-0.4, -0.2) is 37.2 Å². The van der Waals surface area contributed by atoms with Crippen molar-refractivity contribution in [2.45, 2.75) is 406 Å². The third kappa shape index (κ3) is 64.7. The molecule has 0 aliphatic rings. The Balaban J connectivity index is 4.05. The molecule has 0 saturated heterocycles. The van der Waals surface area contributed by atoms with Gasteiger partial charge in [0.15, 0.2) is 6.10 Å². The molecule has 0 spiro atoms. The maximum atomic E-state index is 12.9. The summed E-state index contributed by atoms with van der Waals surface area (Å²) in [5.74, 6) is -0.831. The van der Waals surface area contributed by atoms with Gasteiger partial charge in [0.1, 0.15) is 13.2 Å². The van der Waals surface area contributed by atoms with E-state index in [1.54, 1.807) is 0 Å². The summed E-state index contributed by atoms with van der Waals surface area (Å²) in [6.45, 7) is 6.70. The molecular formula is C72H136O6.